The summed E-state index contributed by atoms with van der Waals surface area (Å²) in [4.78, 5) is 5.10. The van der Waals surface area contributed by atoms with Gasteiger partial charge in [0.1, 0.15) is 5.76 Å². The van der Waals surface area contributed by atoms with E-state index in [2.05, 4.69) is 28.1 Å². The van der Waals surface area contributed by atoms with Crippen LogP contribution in [-0.2, 0) is 17.8 Å². The van der Waals surface area contributed by atoms with E-state index >= 15 is 0 Å². The number of hydrogen-bond donors (Lipinski definition) is 1. The fourth-order valence-corrected chi connectivity index (χ4v) is 3.29. The minimum absolute atomic E-state index is 0.699. The highest BCUT2D eigenvalue weighted by molar-refractivity contribution is 5.12. The van der Waals surface area contributed by atoms with Crippen molar-refractivity contribution in [2.75, 3.05) is 45.9 Å². The van der Waals surface area contributed by atoms with Crippen molar-refractivity contribution in [1.82, 2.24) is 15.1 Å². The molecule has 0 radical (unpaired) electrons. The third-order valence-corrected chi connectivity index (χ3v) is 4.48. The molecule has 2 fully saturated rings. The zero-order valence-electron chi connectivity index (χ0n) is 13.0. The molecule has 1 aromatic heterocycles. The topological polar surface area (TPSA) is 40.9 Å². The highest BCUT2D eigenvalue weighted by atomic mass is 16.5. The lowest BCUT2D eigenvalue weighted by Gasteiger charge is -2.32. The van der Waals surface area contributed by atoms with Gasteiger partial charge >= 0.3 is 0 Å². The minimum Gasteiger partial charge on any atom is -0.468 e. The van der Waals surface area contributed by atoms with Crippen molar-refractivity contribution in [2.45, 2.75) is 32.5 Å². The van der Waals surface area contributed by atoms with Crippen LogP contribution in [0.1, 0.15) is 24.7 Å². The zero-order valence-corrected chi connectivity index (χ0v) is 13.0. The van der Waals surface area contributed by atoms with E-state index in [1.807, 2.05) is 6.26 Å². The van der Waals surface area contributed by atoms with Gasteiger partial charge < -0.3 is 14.5 Å². The average molecular weight is 293 g/mol. The van der Waals surface area contributed by atoms with Crippen LogP contribution in [0.4, 0.5) is 0 Å². The van der Waals surface area contributed by atoms with Crippen molar-refractivity contribution in [3.8, 4) is 0 Å². The van der Waals surface area contributed by atoms with E-state index in [4.69, 9.17) is 9.15 Å². The van der Waals surface area contributed by atoms with Crippen LogP contribution >= 0.6 is 0 Å². The van der Waals surface area contributed by atoms with E-state index in [9.17, 15) is 0 Å². The number of hydrogen-bond acceptors (Lipinski definition) is 5. The van der Waals surface area contributed by atoms with Crippen LogP contribution < -0.4 is 5.32 Å². The van der Waals surface area contributed by atoms with Crippen LogP contribution in [0.15, 0.2) is 16.7 Å². The van der Waals surface area contributed by atoms with Crippen LogP contribution in [0.3, 0.4) is 0 Å². The van der Waals surface area contributed by atoms with Crippen molar-refractivity contribution in [1.29, 1.82) is 0 Å². The molecule has 1 N–H and O–H groups in total. The SMILES string of the molecule is CCNCc1coc(CN2CCC(N3CCOCC3)C2)c1. The fraction of sp³-hybridized carbons (Fsp3) is 0.750. The summed E-state index contributed by atoms with van der Waals surface area (Å²) < 4.78 is 11.1. The largest absolute Gasteiger partial charge is 0.468 e. The lowest BCUT2D eigenvalue weighted by Crippen LogP contribution is -2.44. The monoisotopic (exact) mass is 293 g/mol. The molecule has 0 bridgehead atoms. The molecule has 21 heavy (non-hydrogen) atoms. The Morgan fingerprint density at radius 1 is 1.29 bits per heavy atom. The summed E-state index contributed by atoms with van der Waals surface area (Å²) in [6.45, 7) is 11.2. The van der Waals surface area contributed by atoms with Gasteiger partial charge in [0.2, 0.25) is 0 Å². The summed E-state index contributed by atoms with van der Waals surface area (Å²) >= 11 is 0. The third-order valence-electron chi connectivity index (χ3n) is 4.48. The lowest BCUT2D eigenvalue weighted by molar-refractivity contribution is 0.0182. The van der Waals surface area contributed by atoms with Gasteiger partial charge in [-0.25, -0.2) is 0 Å². The molecule has 118 valence electrons. The molecule has 0 saturated carbocycles. The Morgan fingerprint density at radius 3 is 2.95 bits per heavy atom. The maximum Gasteiger partial charge on any atom is 0.118 e. The third kappa shape index (κ3) is 4.07. The lowest BCUT2D eigenvalue weighted by atomic mass is 10.2. The Balaban J connectivity index is 1.46. The Kier molecular flexibility index (Phi) is 5.30. The highest BCUT2D eigenvalue weighted by Crippen LogP contribution is 2.20. The molecule has 0 amide bonds. The first kappa shape index (κ1) is 15.0. The van der Waals surface area contributed by atoms with Crippen LogP contribution in [0.25, 0.3) is 0 Å². The van der Waals surface area contributed by atoms with Gasteiger partial charge in [-0.15, -0.1) is 0 Å². The molecular formula is C16H27N3O2. The summed E-state index contributed by atoms with van der Waals surface area (Å²) in [6, 6.07) is 2.88. The average Bonchev–Trinajstić information content (AvgIpc) is 3.16. The fourth-order valence-electron chi connectivity index (χ4n) is 3.29. The van der Waals surface area contributed by atoms with Crippen molar-refractivity contribution >= 4 is 0 Å². The van der Waals surface area contributed by atoms with E-state index in [0.29, 0.717) is 6.04 Å². The van der Waals surface area contributed by atoms with Gasteiger partial charge in [-0.05, 0) is 19.0 Å². The van der Waals surface area contributed by atoms with E-state index in [-0.39, 0.29) is 0 Å². The van der Waals surface area contributed by atoms with E-state index < -0.39 is 0 Å². The van der Waals surface area contributed by atoms with Gasteiger partial charge in [0, 0.05) is 44.3 Å². The second-order valence-corrected chi connectivity index (χ2v) is 6.03. The number of likely N-dealkylation sites (tertiary alicyclic amines) is 1. The molecule has 1 aromatic rings. The first-order valence-corrected chi connectivity index (χ1v) is 8.16. The molecule has 0 aromatic carbocycles. The molecule has 1 unspecified atom stereocenters. The Labute approximate surface area is 127 Å². The predicted molar refractivity (Wildman–Crippen MR) is 82.2 cm³/mol. The van der Waals surface area contributed by atoms with Crippen LogP contribution in [0.2, 0.25) is 0 Å². The zero-order chi connectivity index (χ0) is 14.5. The normalized spacial score (nSPS) is 24.7. The maximum absolute atomic E-state index is 5.69. The molecule has 2 saturated heterocycles. The van der Waals surface area contributed by atoms with Crippen molar-refractivity contribution in [2.24, 2.45) is 0 Å². The molecule has 0 aliphatic carbocycles. The van der Waals surface area contributed by atoms with Gasteiger partial charge in [0.15, 0.2) is 0 Å². The van der Waals surface area contributed by atoms with Gasteiger partial charge in [0.05, 0.1) is 26.0 Å². The second-order valence-electron chi connectivity index (χ2n) is 6.03. The van der Waals surface area contributed by atoms with Crippen molar-refractivity contribution in [3.05, 3.63) is 23.7 Å². The van der Waals surface area contributed by atoms with Crippen molar-refractivity contribution < 1.29 is 9.15 Å². The van der Waals surface area contributed by atoms with E-state index in [1.54, 1.807) is 0 Å². The highest BCUT2D eigenvalue weighted by Gasteiger charge is 2.28. The van der Waals surface area contributed by atoms with Gasteiger partial charge in [0.25, 0.3) is 0 Å². The number of morpholine rings is 1. The maximum atomic E-state index is 5.69. The number of nitrogens with zero attached hydrogens (tertiary/aromatic N) is 2. The van der Waals surface area contributed by atoms with Crippen molar-refractivity contribution in [3.63, 3.8) is 0 Å². The molecular weight excluding hydrogens is 266 g/mol. The molecule has 3 rings (SSSR count). The number of ether oxygens (including phenoxy) is 1. The summed E-state index contributed by atoms with van der Waals surface area (Å²) in [5.41, 5.74) is 1.25. The van der Waals surface area contributed by atoms with Crippen LogP contribution in [0, 0.1) is 0 Å². The minimum atomic E-state index is 0.699. The van der Waals surface area contributed by atoms with Crippen LogP contribution in [0.5, 0.6) is 0 Å². The van der Waals surface area contributed by atoms with Gasteiger partial charge in [-0.2, -0.15) is 0 Å². The Bertz CT molecular complexity index is 429. The molecule has 0 spiro atoms. The molecule has 2 aliphatic heterocycles. The first-order valence-electron chi connectivity index (χ1n) is 8.16. The summed E-state index contributed by atoms with van der Waals surface area (Å²) in [6.07, 6.45) is 3.15. The Morgan fingerprint density at radius 2 is 2.14 bits per heavy atom. The number of rotatable bonds is 6. The molecule has 2 aliphatic rings. The molecule has 5 nitrogen and oxygen atoms in total. The standard InChI is InChI=1S/C16H27N3O2/c1-2-17-10-14-9-16(21-13-14)12-18-4-3-15(11-18)19-5-7-20-8-6-19/h9,13,15,17H,2-8,10-12H2,1H3. The summed E-state index contributed by atoms with van der Waals surface area (Å²) in [5, 5.41) is 3.33. The van der Waals surface area contributed by atoms with Gasteiger partial charge in [-0.3, -0.25) is 9.80 Å². The molecule has 1 atom stereocenters. The van der Waals surface area contributed by atoms with Crippen LogP contribution in [-0.4, -0.2) is 61.8 Å². The summed E-state index contributed by atoms with van der Waals surface area (Å²) in [7, 11) is 0. The first-order chi connectivity index (χ1) is 10.3. The van der Waals surface area contributed by atoms with Gasteiger partial charge in [-0.1, -0.05) is 6.92 Å². The molecule has 5 heteroatoms. The number of furan rings is 1. The predicted octanol–water partition coefficient (Wildman–Crippen LogP) is 1.30. The van der Waals surface area contributed by atoms with E-state index in [1.165, 1.54) is 18.5 Å². The second kappa shape index (κ2) is 7.40. The summed E-state index contributed by atoms with van der Waals surface area (Å²) in [5.74, 6) is 1.09. The number of nitrogens with one attached hydrogen (secondary N) is 1. The quantitative estimate of drug-likeness (QED) is 0.856. The molecule has 3 heterocycles. The van der Waals surface area contributed by atoms with E-state index in [0.717, 1.165) is 58.2 Å². The smallest absolute Gasteiger partial charge is 0.118 e. The Hall–Kier alpha value is -0.880.